The number of furan rings is 1. The second-order valence-electron chi connectivity index (χ2n) is 8.12. The molecule has 1 aliphatic rings. The largest absolute Gasteiger partial charge is 0.497 e. The van der Waals surface area contributed by atoms with Crippen LogP contribution in [0.4, 0.5) is 0 Å². The number of likely N-dealkylation sites (N-methyl/N-ethyl adjacent to an activating group) is 1. The monoisotopic (exact) mass is 438 g/mol. The Morgan fingerprint density at radius 1 is 1.03 bits per heavy atom. The molecular formula is C25H30N2O5. The molecule has 32 heavy (non-hydrogen) atoms. The van der Waals surface area contributed by atoms with Gasteiger partial charge in [0, 0.05) is 36.7 Å². The van der Waals surface area contributed by atoms with Gasteiger partial charge in [-0.1, -0.05) is 0 Å². The molecule has 0 spiro atoms. The van der Waals surface area contributed by atoms with Gasteiger partial charge in [-0.3, -0.25) is 4.79 Å². The van der Waals surface area contributed by atoms with Gasteiger partial charge in [-0.15, -0.1) is 0 Å². The number of carbonyl (C=O) groups excluding carboxylic acids is 1. The van der Waals surface area contributed by atoms with E-state index in [9.17, 15) is 4.79 Å². The number of carbonyl (C=O) groups is 1. The van der Waals surface area contributed by atoms with Gasteiger partial charge in [-0.2, -0.15) is 0 Å². The van der Waals surface area contributed by atoms with Crippen LogP contribution < -0.4 is 14.2 Å². The fourth-order valence-electron chi connectivity index (χ4n) is 4.22. The lowest BCUT2D eigenvalue weighted by atomic mass is 10.1. The number of benzene rings is 2. The maximum Gasteiger partial charge on any atom is 0.254 e. The summed E-state index contributed by atoms with van der Waals surface area (Å²) in [7, 11) is 6.96. The normalized spacial score (nSPS) is 13.2. The van der Waals surface area contributed by atoms with Gasteiger partial charge in [0.1, 0.15) is 11.3 Å². The number of hydrogen-bond donors (Lipinski definition) is 0. The van der Waals surface area contributed by atoms with Crippen molar-refractivity contribution in [2.45, 2.75) is 19.4 Å². The summed E-state index contributed by atoms with van der Waals surface area (Å²) in [6.07, 6.45) is 3.65. The Bertz CT molecular complexity index is 1110. The molecule has 170 valence electrons. The lowest BCUT2D eigenvalue weighted by Crippen LogP contribution is -2.29. The minimum atomic E-state index is 0.0592. The van der Waals surface area contributed by atoms with E-state index in [1.54, 1.807) is 27.4 Å². The highest BCUT2D eigenvalue weighted by atomic mass is 16.5. The van der Waals surface area contributed by atoms with Crippen LogP contribution in [0.3, 0.4) is 0 Å². The Balaban J connectivity index is 1.27. The molecule has 7 heteroatoms. The second kappa shape index (κ2) is 9.53. The van der Waals surface area contributed by atoms with E-state index >= 15 is 0 Å². The van der Waals surface area contributed by atoms with Crippen LogP contribution in [0.2, 0.25) is 0 Å². The van der Waals surface area contributed by atoms with Gasteiger partial charge < -0.3 is 28.4 Å². The maximum absolute atomic E-state index is 12.8. The summed E-state index contributed by atoms with van der Waals surface area (Å²) in [6, 6.07) is 9.62. The van der Waals surface area contributed by atoms with Gasteiger partial charge in [0.25, 0.3) is 5.91 Å². The quantitative estimate of drug-likeness (QED) is 0.477. The molecule has 1 amide bonds. The van der Waals surface area contributed by atoms with Crippen molar-refractivity contribution in [2.75, 3.05) is 48.0 Å². The Hall–Kier alpha value is -3.19. The predicted octanol–water partition coefficient (Wildman–Crippen LogP) is 3.98. The minimum Gasteiger partial charge on any atom is -0.497 e. The van der Waals surface area contributed by atoms with Crippen LogP contribution in [0.1, 0.15) is 27.9 Å². The van der Waals surface area contributed by atoms with Crippen LogP contribution in [-0.2, 0) is 13.0 Å². The van der Waals surface area contributed by atoms with Crippen molar-refractivity contribution in [3.63, 3.8) is 0 Å². The van der Waals surface area contributed by atoms with E-state index in [1.165, 1.54) is 5.56 Å². The molecule has 0 saturated carbocycles. The molecule has 1 aliphatic heterocycles. The number of nitrogens with zero attached hydrogens (tertiary/aromatic N) is 2. The molecule has 0 bridgehead atoms. The van der Waals surface area contributed by atoms with Crippen LogP contribution >= 0.6 is 0 Å². The molecule has 0 unspecified atom stereocenters. The number of fused-ring (bicyclic) bond motifs is 2. The van der Waals surface area contributed by atoms with Crippen LogP contribution in [0.5, 0.6) is 17.2 Å². The van der Waals surface area contributed by atoms with Gasteiger partial charge in [-0.05, 0) is 61.8 Å². The van der Waals surface area contributed by atoms with Gasteiger partial charge in [0.15, 0.2) is 11.5 Å². The highest BCUT2D eigenvalue weighted by molar-refractivity contribution is 5.99. The molecule has 1 aromatic heterocycles. The Kier molecular flexibility index (Phi) is 6.55. The van der Waals surface area contributed by atoms with Crippen molar-refractivity contribution < 1.29 is 23.4 Å². The Labute approximate surface area is 188 Å². The van der Waals surface area contributed by atoms with E-state index in [0.29, 0.717) is 23.6 Å². The summed E-state index contributed by atoms with van der Waals surface area (Å²) in [5.74, 6) is 2.10. The molecule has 2 aromatic carbocycles. The summed E-state index contributed by atoms with van der Waals surface area (Å²) in [4.78, 5) is 17.0. The van der Waals surface area contributed by atoms with E-state index in [-0.39, 0.29) is 5.91 Å². The SMILES string of the molecule is COc1ccc2c(CCN(C)CCCN3Cc4cc(OC)c(OC)cc4C3=O)coc2c1. The third-order valence-corrected chi connectivity index (χ3v) is 6.08. The number of ether oxygens (including phenoxy) is 3. The smallest absolute Gasteiger partial charge is 0.254 e. The van der Waals surface area contributed by atoms with Crippen LogP contribution in [-0.4, -0.2) is 63.7 Å². The topological polar surface area (TPSA) is 64.4 Å². The molecule has 3 aromatic rings. The Morgan fingerprint density at radius 3 is 2.56 bits per heavy atom. The molecule has 0 saturated heterocycles. The molecular weight excluding hydrogens is 408 g/mol. The third-order valence-electron chi connectivity index (χ3n) is 6.08. The second-order valence-corrected chi connectivity index (χ2v) is 8.12. The third kappa shape index (κ3) is 4.39. The number of amides is 1. The Morgan fingerprint density at radius 2 is 1.81 bits per heavy atom. The molecule has 0 radical (unpaired) electrons. The number of rotatable bonds is 10. The first-order valence-electron chi connectivity index (χ1n) is 10.8. The van der Waals surface area contributed by atoms with Crippen LogP contribution in [0.25, 0.3) is 11.0 Å². The van der Waals surface area contributed by atoms with Crippen molar-refractivity contribution in [1.82, 2.24) is 9.80 Å². The first kappa shape index (κ1) is 22.0. The number of methoxy groups -OCH3 is 3. The number of hydrogen-bond acceptors (Lipinski definition) is 6. The lowest BCUT2D eigenvalue weighted by molar-refractivity contribution is 0.0772. The molecule has 0 aliphatic carbocycles. The van der Waals surface area contributed by atoms with Crippen LogP contribution in [0.15, 0.2) is 41.0 Å². The van der Waals surface area contributed by atoms with E-state index in [1.807, 2.05) is 35.4 Å². The fraction of sp³-hybridized carbons (Fsp3) is 0.400. The molecule has 0 fully saturated rings. The zero-order valence-electron chi connectivity index (χ0n) is 19.1. The van der Waals surface area contributed by atoms with E-state index < -0.39 is 0 Å². The van der Waals surface area contributed by atoms with Gasteiger partial charge in [-0.25, -0.2) is 0 Å². The zero-order valence-corrected chi connectivity index (χ0v) is 19.1. The summed E-state index contributed by atoms with van der Waals surface area (Å²) in [5, 5.41) is 1.13. The predicted molar refractivity (Wildman–Crippen MR) is 123 cm³/mol. The zero-order chi connectivity index (χ0) is 22.7. The van der Waals surface area contributed by atoms with Gasteiger partial charge in [0.2, 0.25) is 0 Å². The van der Waals surface area contributed by atoms with Crippen LogP contribution in [0, 0.1) is 0 Å². The fourth-order valence-corrected chi connectivity index (χ4v) is 4.22. The van der Waals surface area contributed by atoms with Crippen molar-refractivity contribution in [3.8, 4) is 17.2 Å². The summed E-state index contributed by atoms with van der Waals surface area (Å²) < 4.78 is 21.7. The molecule has 4 rings (SSSR count). The van der Waals surface area contributed by atoms with E-state index in [2.05, 4.69) is 11.9 Å². The molecule has 7 nitrogen and oxygen atoms in total. The van der Waals surface area contributed by atoms with Gasteiger partial charge >= 0.3 is 0 Å². The first-order valence-corrected chi connectivity index (χ1v) is 10.8. The average molecular weight is 439 g/mol. The van der Waals surface area contributed by atoms with Crippen molar-refractivity contribution in [3.05, 3.63) is 53.3 Å². The average Bonchev–Trinajstić information content (AvgIpc) is 3.36. The van der Waals surface area contributed by atoms with Gasteiger partial charge in [0.05, 0.1) is 27.6 Å². The highest BCUT2D eigenvalue weighted by Crippen LogP contribution is 2.35. The molecule has 0 atom stereocenters. The van der Waals surface area contributed by atoms with E-state index in [4.69, 9.17) is 18.6 Å². The maximum atomic E-state index is 12.8. The molecule has 0 N–H and O–H groups in total. The van der Waals surface area contributed by atoms with E-state index in [0.717, 1.165) is 54.8 Å². The molecule has 2 heterocycles. The minimum absolute atomic E-state index is 0.0592. The highest BCUT2D eigenvalue weighted by Gasteiger charge is 2.29. The summed E-state index contributed by atoms with van der Waals surface area (Å²) in [6.45, 7) is 3.17. The van der Waals surface area contributed by atoms with Crippen molar-refractivity contribution in [2.24, 2.45) is 0 Å². The lowest BCUT2D eigenvalue weighted by Gasteiger charge is -2.20. The first-order chi connectivity index (χ1) is 15.5. The van der Waals surface area contributed by atoms with Crippen molar-refractivity contribution in [1.29, 1.82) is 0 Å². The van der Waals surface area contributed by atoms with Crippen molar-refractivity contribution >= 4 is 16.9 Å². The summed E-state index contributed by atoms with van der Waals surface area (Å²) >= 11 is 0. The summed E-state index contributed by atoms with van der Waals surface area (Å²) in [5.41, 5.74) is 3.74. The standard InChI is InChI=1S/C25H30N2O5/c1-26(11-8-17-16-32-22-13-19(29-2)6-7-20(17)22)9-5-10-27-15-18-12-23(30-3)24(31-4)14-21(18)25(27)28/h6-7,12-14,16H,5,8-11,15H2,1-4H3.